The van der Waals surface area contributed by atoms with Crippen LogP contribution in [0, 0.1) is 0 Å². The highest BCUT2D eigenvalue weighted by Gasteiger charge is 2.06. The summed E-state index contributed by atoms with van der Waals surface area (Å²) in [6, 6.07) is 0. The second-order valence-electron chi connectivity index (χ2n) is 6.67. The quantitative estimate of drug-likeness (QED) is 0.164. The fourth-order valence-corrected chi connectivity index (χ4v) is 2.87. The van der Waals surface area contributed by atoms with Crippen molar-refractivity contribution in [1.82, 2.24) is 0 Å². The van der Waals surface area contributed by atoms with E-state index in [1.165, 1.54) is 83.5 Å². The number of carbonyl (C=O) groups excluding carboxylic acids is 1. The zero-order chi connectivity index (χ0) is 17.2. The Hall–Kier alpha value is -0.790. The molecule has 0 N–H and O–H groups in total. The van der Waals surface area contributed by atoms with Gasteiger partial charge in [0.25, 0.3) is 0 Å². The summed E-state index contributed by atoms with van der Waals surface area (Å²) in [5.74, 6) is -0.220. The van der Waals surface area contributed by atoms with Crippen molar-refractivity contribution in [2.24, 2.45) is 0 Å². The summed E-state index contributed by atoms with van der Waals surface area (Å²) in [5, 5.41) is 0. The molecule has 0 fully saturated rings. The molecule has 2 heteroatoms. The lowest BCUT2D eigenvalue weighted by Crippen LogP contribution is -2.06. The Labute approximate surface area is 145 Å². The standard InChI is InChI=1S/C21H40O2/c1-4-6-7-8-9-10-11-12-13-14-15-16-17-18-19-20(3)21(22)23-5-2/h3-19H2,1-2H3. The van der Waals surface area contributed by atoms with E-state index >= 15 is 0 Å². The van der Waals surface area contributed by atoms with Gasteiger partial charge in [-0.2, -0.15) is 0 Å². The Balaban J connectivity index is 3.16. The van der Waals surface area contributed by atoms with Crippen LogP contribution in [0.1, 0.15) is 110 Å². The predicted octanol–water partition coefficient (Wildman–Crippen LogP) is 6.98. The number of hydrogen-bond acceptors (Lipinski definition) is 2. The van der Waals surface area contributed by atoms with Crippen LogP contribution in [-0.2, 0) is 9.53 Å². The third-order valence-corrected chi connectivity index (χ3v) is 4.40. The largest absolute Gasteiger partial charge is 0.463 e. The van der Waals surface area contributed by atoms with Crippen LogP contribution in [0.3, 0.4) is 0 Å². The molecule has 0 bridgehead atoms. The minimum atomic E-state index is -0.220. The Kier molecular flexibility index (Phi) is 17.0. The van der Waals surface area contributed by atoms with Crippen molar-refractivity contribution in [3.05, 3.63) is 12.2 Å². The van der Waals surface area contributed by atoms with Gasteiger partial charge in [-0.1, -0.05) is 97.0 Å². The van der Waals surface area contributed by atoms with Gasteiger partial charge in [-0.15, -0.1) is 0 Å². The number of hydrogen-bond donors (Lipinski definition) is 0. The molecular weight excluding hydrogens is 284 g/mol. The van der Waals surface area contributed by atoms with Gasteiger partial charge in [-0.3, -0.25) is 0 Å². The molecule has 0 unspecified atom stereocenters. The molecule has 0 amide bonds. The van der Waals surface area contributed by atoms with Gasteiger partial charge in [0.2, 0.25) is 0 Å². The maximum absolute atomic E-state index is 11.4. The zero-order valence-electron chi connectivity index (χ0n) is 15.8. The first-order chi connectivity index (χ1) is 11.2. The topological polar surface area (TPSA) is 26.3 Å². The molecule has 0 aliphatic carbocycles. The Morgan fingerprint density at radius 1 is 0.696 bits per heavy atom. The van der Waals surface area contributed by atoms with Gasteiger partial charge < -0.3 is 4.74 Å². The molecule has 0 rings (SSSR count). The molecular formula is C21H40O2. The highest BCUT2D eigenvalue weighted by Crippen LogP contribution is 2.14. The number of ether oxygens (including phenoxy) is 1. The summed E-state index contributed by atoms with van der Waals surface area (Å²) in [6.45, 7) is 8.34. The monoisotopic (exact) mass is 324 g/mol. The van der Waals surface area contributed by atoms with Crippen molar-refractivity contribution in [1.29, 1.82) is 0 Å². The van der Waals surface area contributed by atoms with Crippen molar-refractivity contribution < 1.29 is 9.53 Å². The Morgan fingerprint density at radius 3 is 1.48 bits per heavy atom. The SMILES string of the molecule is C=C(CCCCCCCCCCCCCCCC)C(=O)OCC. The first-order valence-electron chi connectivity index (χ1n) is 10.1. The fraction of sp³-hybridized carbons (Fsp3) is 0.857. The summed E-state index contributed by atoms with van der Waals surface area (Å²) in [4.78, 5) is 11.4. The van der Waals surface area contributed by atoms with Crippen molar-refractivity contribution in [2.75, 3.05) is 6.61 Å². The van der Waals surface area contributed by atoms with Crippen LogP contribution in [-0.4, -0.2) is 12.6 Å². The van der Waals surface area contributed by atoms with Crippen LogP contribution >= 0.6 is 0 Å². The average molecular weight is 325 g/mol. The molecule has 0 aromatic carbocycles. The lowest BCUT2D eigenvalue weighted by atomic mass is 10.0. The van der Waals surface area contributed by atoms with E-state index in [4.69, 9.17) is 4.74 Å². The molecule has 0 aromatic heterocycles. The van der Waals surface area contributed by atoms with Crippen LogP contribution in [0.4, 0.5) is 0 Å². The molecule has 0 heterocycles. The second-order valence-corrected chi connectivity index (χ2v) is 6.67. The van der Waals surface area contributed by atoms with E-state index in [2.05, 4.69) is 13.5 Å². The molecule has 0 saturated heterocycles. The van der Waals surface area contributed by atoms with Crippen molar-refractivity contribution in [3.8, 4) is 0 Å². The van der Waals surface area contributed by atoms with Gasteiger partial charge in [0.15, 0.2) is 0 Å². The highest BCUT2D eigenvalue weighted by molar-refractivity contribution is 5.87. The highest BCUT2D eigenvalue weighted by atomic mass is 16.5. The van der Waals surface area contributed by atoms with Crippen molar-refractivity contribution in [3.63, 3.8) is 0 Å². The average Bonchev–Trinajstić information content (AvgIpc) is 2.55. The Bertz CT molecular complexity index is 284. The van der Waals surface area contributed by atoms with E-state index in [9.17, 15) is 4.79 Å². The van der Waals surface area contributed by atoms with Crippen LogP contribution in [0.5, 0.6) is 0 Å². The number of esters is 1. The van der Waals surface area contributed by atoms with Gasteiger partial charge in [0, 0.05) is 5.57 Å². The number of unbranched alkanes of at least 4 members (excludes halogenated alkanes) is 13. The molecule has 0 atom stereocenters. The zero-order valence-corrected chi connectivity index (χ0v) is 15.8. The molecule has 0 aliphatic rings. The van der Waals surface area contributed by atoms with Gasteiger partial charge in [-0.25, -0.2) is 4.79 Å². The van der Waals surface area contributed by atoms with E-state index in [0.717, 1.165) is 12.8 Å². The van der Waals surface area contributed by atoms with Crippen molar-refractivity contribution >= 4 is 5.97 Å². The summed E-state index contributed by atoms with van der Waals surface area (Å²) < 4.78 is 4.93. The first-order valence-corrected chi connectivity index (χ1v) is 10.1. The summed E-state index contributed by atoms with van der Waals surface area (Å²) in [7, 11) is 0. The van der Waals surface area contributed by atoms with Gasteiger partial charge in [-0.05, 0) is 19.8 Å². The summed E-state index contributed by atoms with van der Waals surface area (Å²) in [6.07, 6.45) is 19.8. The summed E-state index contributed by atoms with van der Waals surface area (Å²) >= 11 is 0. The van der Waals surface area contributed by atoms with E-state index in [-0.39, 0.29) is 5.97 Å². The predicted molar refractivity (Wildman–Crippen MR) is 101 cm³/mol. The van der Waals surface area contributed by atoms with Crippen LogP contribution < -0.4 is 0 Å². The number of carbonyl (C=O) groups is 1. The van der Waals surface area contributed by atoms with Crippen LogP contribution in [0.2, 0.25) is 0 Å². The van der Waals surface area contributed by atoms with E-state index in [0.29, 0.717) is 12.2 Å². The maximum Gasteiger partial charge on any atom is 0.333 e. The molecule has 0 aliphatic heterocycles. The third kappa shape index (κ3) is 15.9. The normalized spacial score (nSPS) is 10.7. The van der Waals surface area contributed by atoms with E-state index < -0.39 is 0 Å². The molecule has 2 nitrogen and oxygen atoms in total. The van der Waals surface area contributed by atoms with Gasteiger partial charge in [0.1, 0.15) is 0 Å². The van der Waals surface area contributed by atoms with Gasteiger partial charge in [0.05, 0.1) is 6.61 Å². The van der Waals surface area contributed by atoms with E-state index in [1.54, 1.807) is 0 Å². The lowest BCUT2D eigenvalue weighted by molar-refractivity contribution is -0.138. The molecule has 0 aromatic rings. The minimum absolute atomic E-state index is 0.220. The van der Waals surface area contributed by atoms with Gasteiger partial charge >= 0.3 is 5.97 Å². The molecule has 0 radical (unpaired) electrons. The maximum atomic E-state index is 11.4. The van der Waals surface area contributed by atoms with Crippen LogP contribution in [0.15, 0.2) is 12.2 Å². The van der Waals surface area contributed by atoms with E-state index in [1.807, 2.05) is 6.92 Å². The third-order valence-electron chi connectivity index (χ3n) is 4.40. The fourth-order valence-electron chi connectivity index (χ4n) is 2.87. The first kappa shape index (κ1) is 22.2. The Morgan fingerprint density at radius 2 is 1.09 bits per heavy atom. The van der Waals surface area contributed by atoms with Crippen LogP contribution in [0.25, 0.3) is 0 Å². The summed E-state index contributed by atoms with van der Waals surface area (Å²) in [5.41, 5.74) is 0.630. The molecule has 23 heavy (non-hydrogen) atoms. The molecule has 0 spiro atoms. The number of rotatable bonds is 17. The lowest BCUT2D eigenvalue weighted by Gasteiger charge is -2.05. The molecule has 136 valence electrons. The smallest absolute Gasteiger partial charge is 0.333 e. The minimum Gasteiger partial charge on any atom is -0.463 e. The second kappa shape index (κ2) is 17.6. The molecule has 0 saturated carbocycles. The van der Waals surface area contributed by atoms with Crippen molar-refractivity contribution in [2.45, 2.75) is 110 Å².